The maximum atomic E-state index is 13.4. The molecule has 0 aromatic heterocycles. The number of β-amino-alcohol motifs (C(OH)–C–C–N with tert-alkyl or cyclic N) is 2. The van der Waals surface area contributed by atoms with Crippen molar-refractivity contribution in [3.8, 4) is 5.75 Å². The van der Waals surface area contributed by atoms with E-state index in [1.165, 1.54) is 23.4 Å². The van der Waals surface area contributed by atoms with E-state index < -0.39 is 11.2 Å². The number of para-hydroxylation sites is 1. The molecule has 2 heterocycles. The lowest BCUT2D eigenvalue weighted by atomic mass is 9.89. The SMILES string of the molecule is Cc1ccccc1N1CCC(O)(CN2CCOCC(O)(COc3cccc(F)c3)C2)CC1. The highest BCUT2D eigenvalue weighted by molar-refractivity contribution is 5.53. The Hall–Kier alpha value is -2.19. The molecule has 2 aliphatic rings. The van der Waals surface area contributed by atoms with Crippen molar-refractivity contribution in [1.29, 1.82) is 0 Å². The summed E-state index contributed by atoms with van der Waals surface area (Å²) in [6, 6.07) is 14.2. The van der Waals surface area contributed by atoms with Gasteiger partial charge >= 0.3 is 0 Å². The molecule has 2 aromatic rings. The zero-order chi connectivity index (χ0) is 22.6. The first-order valence-electron chi connectivity index (χ1n) is 11.3. The summed E-state index contributed by atoms with van der Waals surface area (Å²) in [5.41, 5.74) is 0.419. The Morgan fingerprint density at radius 3 is 2.56 bits per heavy atom. The molecule has 2 fully saturated rings. The molecular weight excluding hydrogens is 411 g/mol. The van der Waals surface area contributed by atoms with E-state index >= 15 is 0 Å². The lowest BCUT2D eigenvalue weighted by Gasteiger charge is -2.42. The summed E-state index contributed by atoms with van der Waals surface area (Å²) in [6.07, 6.45) is 1.33. The van der Waals surface area contributed by atoms with Crippen LogP contribution in [0, 0.1) is 12.7 Å². The summed E-state index contributed by atoms with van der Waals surface area (Å²) in [7, 11) is 0. The molecule has 0 saturated carbocycles. The molecule has 174 valence electrons. The van der Waals surface area contributed by atoms with Crippen LogP contribution in [0.5, 0.6) is 5.75 Å². The van der Waals surface area contributed by atoms with Crippen LogP contribution in [0.4, 0.5) is 10.1 Å². The van der Waals surface area contributed by atoms with E-state index in [1.807, 2.05) is 12.1 Å². The van der Waals surface area contributed by atoms with Crippen molar-refractivity contribution in [1.82, 2.24) is 4.90 Å². The van der Waals surface area contributed by atoms with E-state index in [1.54, 1.807) is 12.1 Å². The molecule has 32 heavy (non-hydrogen) atoms. The van der Waals surface area contributed by atoms with Crippen LogP contribution in [0.1, 0.15) is 18.4 Å². The highest BCUT2D eigenvalue weighted by Crippen LogP contribution is 2.29. The monoisotopic (exact) mass is 444 g/mol. The zero-order valence-electron chi connectivity index (χ0n) is 18.7. The standard InChI is InChI=1S/C25H33FN2O4/c1-20-5-2-3-8-23(20)28-11-9-24(29,10-12-28)16-27-13-14-31-18-25(30,17-27)19-32-22-7-4-6-21(26)15-22/h2-8,15,29-30H,9-14,16-19H2,1H3. The molecule has 2 aliphatic heterocycles. The van der Waals surface area contributed by atoms with Crippen LogP contribution in [0.15, 0.2) is 48.5 Å². The third-order valence-electron chi connectivity index (χ3n) is 6.41. The summed E-state index contributed by atoms with van der Waals surface area (Å²) < 4.78 is 24.7. The van der Waals surface area contributed by atoms with Gasteiger partial charge in [-0.15, -0.1) is 0 Å². The minimum atomic E-state index is -1.24. The quantitative estimate of drug-likeness (QED) is 0.714. The largest absolute Gasteiger partial charge is 0.490 e. The first-order chi connectivity index (χ1) is 15.3. The van der Waals surface area contributed by atoms with Crippen molar-refractivity contribution in [3.63, 3.8) is 0 Å². The summed E-state index contributed by atoms with van der Waals surface area (Å²) in [4.78, 5) is 4.39. The third-order valence-corrected chi connectivity index (χ3v) is 6.41. The topological polar surface area (TPSA) is 65.4 Å². The Kier molecular flexibility index (Phi) is 7.00. The van der Waals surface area contributed by atoms with Gasteiger partial charge in [0.25, 0.3) is 0 Å². The van der Waals surface area contributed by atoms with Crippen LogP contribution in [-0.2, 0) is 4.74 Å². The van der Waals surface area contributed by atoms with Gasteiger partial charge in [0.15, 0.2) is 0 Å². The van der Waals surface area contributed by atoms with Gasteiger partial charge in [-0.25, -0.2) is 4.39 Å². The fourth-order valence-electron chi connectivity index (χ4n) is 4.65. The Balaban J connectivity index is 1.34. The first-order valence-corrected chi connectivity index (χ1v) is 11.3. The van der Waals surface area contributed by atoms with Gasteiger partial charge in [0.05, 0.1) is 18.8 Å². The predicted molar refractivity (Wildman–Crippen MR) is 122 cm³/mol. The maximum Gasteiger partial charge on any atom is 0.134 e. The van der Waals surface area contributed by atoms with Gasteiger partial charge in [0, 0.05) is 44.5 Å². The number of hydrogen-bond acceptors (Lipinski definition) is 6. The van der Waals surface area contributed by atoms with Gasteiger partial charge in [-0.3, -0.25) is 4.90 Å². The van der Waals surface area contributed by atoms with E-state index in [4.69, 9.17) is 9.47 Å². The number of halogens is 1. The minimum absolute atomic E-state index is 0.00750. The lowest BCUT2D eigenvalue weighted by Crippen LogP contribution is -2.55. The molecule has 6 nitrogen and oxygen atoms in total. The molecule has 0 amide bonds. The molecule has 4 rings (SSSR count). The van der Waals surface area contributed by atoms with E-state index in [9.17, 15) is 14.6 Å². The number of rotatable bonds is 6. The highest BCUT2D eigenvalue weighted by atomic mass is 19.1. The number of aliphatic hydroxyl groups is 2. The molecule has 0 aliphatic carbocycles. The van der Waals surface area contributed by atoms with Gasteiger partial charge in [0.2, 0.25) is 0 Å². The molecule has 1 unspecified atom stereocenters. The molecule has 1 atom stereocenters. The van der Waals surface area contributed by atoms with E-state index in [-0.39, 0.29) is 19.0 Å². The van der Waals surface area contributed by atoms with Crippen molar-refractivity contribution in [2.24, 2.45) is 0 Å². The number of hydrogen-bond donors (Lipinski definition) is 2. The Morgan fingerprint density at radius 2 is 1.81 bits per heavy atom. The van der Waals surface area contributed by atoms with Crippen molar-refractivity contribution in [3.05, 3.63) is 59.9 Å². The van der Waals surface area contributed by atoms with Crippen LogP contribution >= 0.6 is 0 Å². The average molecular weight is 445 g/mol. The molecule has 2 saturated heterocycles. The van der Waals surface area contributed by atoms with Crippen molar-refractivity contribution >= 4 is 5.69 Å². The fourth-order valence-corrected chi connectivity index (χ4v) is 4.65. The number of piperidine rings is 1. The van der Waals surface area contributed by atoms with Crippen LogP contribution < -0.4 is 9.64 Å². The number of ether oxygens (including phenoxy) is 2. The van der Waals surface area contributed by atoms with Gasteiger partial charge in [0.1, 0.15) is 23.8 Å². The van der Waals surface area contributed by atoms with Crippen LogP contribution in [0.25, 0.3) is 0 Å². The molecular formula is C25H33FN2O4. The molecule has 0 bridgehead atoms. The Labute approximate surface area is 189 Å². The molecule has 7 heteroatoms. The minimum Gasteiger partial charge on any atom is -0.490 e. The van der Waals surface area contributed by atoms with Crippen molar-refractivity contribution in [2.75, 3.05) is 57.4 Å². The average Bonchev–Trinajstić information content (AvgIpc) is 2.95. The number of aryl methyl sites for hydroxylation is 1. The summed E-state index contributed by atoms with van der Waals surface area (Å²) >= 11 is 0. The first kappa shape index (κ1) is 23.0. The van der Waals surface area contributed by atoms with E-state index in [0.717, 1.165) is 13.1 Å². The van der Waals surface area contributed by atoms with Crippen LogP contribution in [0.2, 0.25) is 0 Å². The maximum absolute atomic E-state index is 13.4. The number of nitrogens with zero attached hydrogens (tertiary/aromatic N) is 2. The molecule has 2 N–H and O–H groups in total. The number of benzene rings is 2. The summed E-state index contributed by atoms with van der Waals surface area (Å²) in [6.45, 7) is 5.73. The second-order valence-corrected chi connectivity index (χ2v) is 9.23. The molecule has 0 spiro atoms. The lowest BCUT2D eigenvalue weighted by molar-refractivity contribution is -0.0742. The zero-order valence-corrected chi connectivity index (χ0v) is 18.7. The van der Waals surface area contributed by atoms with Crippen molar-refractivity contribution < 1.29 is 24.1 Å². The van der Waals surface area contributed by atoms with Gasteiger partial charge in [-0.1, -0.05) is 24.3 Å². The van der Waals surface area contributed by atoms with E-state index in [0.29, 0.717) is 44.8 Å². The Morgan fingerprint density at radius 1 is 1.03 bits per heavy atom. The highest BCUT2D eigenvalue weighted by Gasteiger charge is 2.39. The fraction of sp³-hybridized carbons (Fsp3) is 0.520. The second-order valence-electron chi connectivity index (χ2n) is 9.23. The molecule has 2 aromatic carbocycles. The van der Waals surface area contributed by atoms with E-state index in [2.05, 4.69) is 28.9 Å². The summed E-state index contributed by atoms with van der Waals surface area (Å²) in [5.74, 6) is -0.0103. The second kappa shape index (κ2) is 9.75. The smallest absolute Gasteiger partial charge is 0.134 e. The number of anilines is 1. The van der Waals surface area contributed by atoms with Gasteiger partial charge in [-0.05, 0) is 43.5 Å². The molecule has 0 radical (unpaired) electrons. The summed E-state index contributed by atoms with van der Waals surface area (Å²) in [5, 5.41) is 22.4. The van der Waals surface area contributed by atoms with Gasteiger partial charge < -0.3 is 24.6 Å². The Bertz CT molecular complexity index is 903. The third kappa shape index (κ3) is 5.78. The van der Waals surface area contributed by atoms with Crippen molar-refractivity contribution in [2.45, 2.75) is 31.0 Å². The normalized spacial score (nSPS) is 24.2. The van der Waals surface area contributed by atoms with Crippen LogP contribution in [-0.4, -0.2) is 78.9 Å². The predicted octanol–water partition coefficient (Wildman–Crippen LogP) is 2.61. The van der Waals surface area contributed by atoms with Gasteiger partial charge in [-0.2, -0.15) is 0 Å². The van der Waals surface area contributed by atoms with Crippen LogP contribution in [0.3, 0.4) is 0 Å².